The molecular weight excluding hydrogens is 244 g/mol. The second-order valence-corrected chi connectivity index (χ2v) is 5.68. The number of carbonyl (C=O) groups excluding carboxylic acids is 1. The molecule has 0 aliphatic carbocycles. The highest BCUT2D eigenvalue weighted by molar-refractivity contribution is 5.78. The van der Waals surface area contributed by atoms with Crippen molar-refractivity contribution in [2.24, 2.45) is 5.73 Å². The molecule has 2 aliphatic rings. The van der Waals surface area contributed by atoms with Crippen LogP contribution in [0, 0.1) is 0 Å². The first kappa shape index (κ1) is 14.7. The average Bonchev–Trinajstić information content (AvgIpc) is 2.38. The van der Waals surface area contributed by atoms with Gasteiger partial charge in [0.2, 0.25) is 5.91 Å². The lowest BCUT2D eigenvalue weighted by Crippen LogP contribution is -2.54. The Morgan fingerprint density at radius 2 is 1.95 bits per heavy atom. The molecule has 2 unspecified atom stereocenters. The summed E-state index contributed by atoms with van der Waals surface area (Å²) in [5, 5.41) is 0. The molecule has 6 nitrogen and oxygen atoms in total. The van der Waals surface area contributed by atoms with Crippen molar-refractivity contribution in [3.63, 3.8) is 0 Å². The predicted octanol–water partition coefficient (Wildman–Crippen LogP) is -1.19. The molecule has 0 radical (unpaired) electrons. The van der Waals surface area contributed by atoms with Crippen LogP contribution < -0.4 is 5.73 Å². The van der Waals surface area contributed by atoms with Crippen LogP contribution in [0.3, 0.4) is 0 Å². The number of rotatable bonds is 3. The van der Waals surface area contributed by atoms with Crippen molar-refractivity contribution in [1.82, 2.24) is 14.7 Å². The fourth-order valence-electron chi connectivity index (χ4n) is 2.75. The third-order valence-corrected chi connectivity index (χ3v) is 3.88. The second kappa shape index (κ2) is 6.65. The van der Waals surface area contributed by atoms with E-state index in [1.54, 1.807) is 0 Å². The van der Waals surface area contributed by atoms with E-state index in [1.807, 2.05) is 11.8 Å². The SMILES string of the molecule is CC1CN(CC(=O)N2CCN(C)CC2)CC(CN)O1. The lowest BCUT2D eigenvalue weighted by atomic mass is 10.2. The van der Waals surface area contributed by atoms with Crippen molar-refractivity contribution in [2.45, 2.75) is 19.1 Å². The number of likely N-dealkylation sites (N-methyl/N-ethyl adjacent to an activating group) is 1. The molecule has 0 aromatic carbocycles. The summed E-state index contributed by atoms with van der Waals surface area (Å²) in [7, 11) is 2.09. The molecule has 0 spiro atoms. The van der Waals surface area contributed by atoms with Gasteiger partial charge in [-0.2, -0.15) is 0 Å². The van der Waals surface area contributed by atoms with Crippen LogP contribution in [0.4, 0.5) is 0 Å². The number of hydrogen-bond acceptors (Lipinski definition) is 5. The highest BCUT2D eigenvalue weighted by Crippen LogP contribution is 2.11. The van der Waals surface area contributed by atoms with Gasteiger partial charge < -0.3 is 20.3 Å². The molecule has 2 aliphatic heterocycles. The summed E-state index contributed by atoms with van der Waals surface area (Å²) in [6, 6.07) is 0. The molecule has 0 aromatic heterocycles. The molecule has 110 valence electrons. The first-order chi connectivity index (χ1) is 9.08. The lowest BCUT2D eigenvalue weighted by molar-refractivity contribution is -0.137. The minimum Gasteiger partial charge on any atom is -0.371 e. The summed E-state index contributed by atoms with van der Waals surface area (Å²) in [6.45, 7) is 8.25. The van der Waals surface area contributed by atoms with Crippen molar-refractivity contribution < 1.29 is 9.53 Å². The molecule has 2 N–H and O–H groups in total. The van der Waals surface area contributed by atoms with Gasteiger partial charge in [0.05, 0.1) is 18.8 Å². The summed E-state index contributed by atoms with van der Waals surface area (Å²) < 4.78 is 5.71. The van der Waals surface area contributed by atoms with Gasteiger partial charge in [-0.15, -0.1) is 0 Å². The Hall–Kier alpha value is -0.690. The van der Waals surface area contributed by atoms with Crippen molar-refractivity contribution in [2.75, 3.05) is 59.4 Å². The topological polar surface area (TPSA) is 62.0 Å². The van der Waals surface area contributed by atoms with Crippen molar-refractivity contribution >= 4 is 5.91 Å². The number of ether oxygens (including phenoxy) is 1. The number of nitrogens with zero attached hydrogens (tertiary/aromatic N) is 3. The van der Waals surface area contributed by atoms with E-state index in [-0.39, 0.29) is 18.1 Å². The minimum atomic E-state index is 0.0593. The Labute approximate surface area is 115 Å². The summed E-state index contributed by atoms with van der Waals surface area (Å²) in [5.41, 5.74) is 5.66. The molecule has 19 heavy (non-hydrogen) atoms. The maximum absolute atomic E-state index is 12.3. The van der Waals surface area contributed by atoms with Crippen LogP contribution in [0.1, 0.15) is 6.92 Å². The van der Waals surface area contributed by atoms with E-state index in [0.717, 1.165) is 39.3 Å². The molecule has 2 heterocycles. The van der Waals surface area contributed by atoms with Crippen LogP contribution in [0.2, 0.25) is 0 Å². The van der Waals surface area contributed by atoms with E-state index in [1.165, 1.54) is 0 Å². The Morgan fingerprint density at radius 3 is 2.58 bits per heavy atom. The number of nitrogens with two attached hydrogens (primary N) is 1. The zero-order valence-corrected chi connectivity index (χ0v) is 12.0. The van der Waals surface area contributed by atoms with Gasteiger partial charge in [0.25, 0.3) is 0 Å². The summed E-state index contributed by atoms with van der Waals surface area (Å²) in [6.07, 6.45) is 0.214. The lowest BCUT2D eigenvalue weighted by Gasteiger charge is -2.38. The smallest absolute Gasteiger partial charge is 0.236 e. The van der Waals surface area contributed by atoms with E-state index in [0.29, 0.717) is 13.1 Å². The van der Waals surface area contributed by atoms with Crippen LogP contribution in [0.5, 0.6) is 0 Å². The fraction of sp³-hybridized carbons (Fsp3) is 0.923. The van der Waals surface area contributed by atoms with Crippen LogP contribution >= 0.6 is 0 Å². The number of carbonyl (C=O) groups is 1. The van der Waals surface area contributed by atoms with Crippen LogP contribution in [-0.2, 0) is 9.53 Å². The van der Waals surface area contributed by atoms with E-state index in [2.05, 4.69) is 16.8 Å². The van der Waals surface area contributed by atoms with Gasteiger partial charge in [-0.3, -0.25) is 9.69 Å². The largest absolute Gasteiger partial charge is 0.371 e. The predicted molar refractivity (Wildman–Crippen MR) is 73.9 cm³/mol. The Bertz CT molecular complexity index is 305. The van der Waals surface area contributed by atoms with Gasteiger partial charge in [0.15, 0.2) is 0 Å². The third-order valence-electron chi connectivity index (χ3n) is 3.88. The molecule has 0 bridgehead atoms. The van der Waals surface area contributed by atoms with Crippen LogP contribution in [0.25, 0.3) is 0 Å². The Balaban J connectivity index is 1.81. The molecule has 6 heteroatoms. The van der Waals surface area contributed by atoms with Gasteiger partial charge in [0.1, 0.15) is 0 Å². The molecule has 0 saturated carbocycles. The molecule has 2 fully saturated rings. The Morgan fingerprint density at radius 1 is 1.26 bits per heavy atom. The maximum atomic E-state index is 12.3. The van der Waals surface area contributed by atoms with Crippen LogP contribution in [-0.4, -0.2) is 92.2 Å². The minimum absolute atomic E-state index is 0.0593. The third kappa shape index (κ3) is 4.14. The quantitative estimate of drug-likeness (QED) is 0.699. The van der Waals surface area contributed by atoms with Gasteiger partial charge in [-0.1, -0.05) is 0 Å². The highest BCUT2D eigenvalue weighted by atomic mass is 16.5. The summed E-state index contributed by atoms with van der Waals surface area (Å²) in [5.74, 6) is 0.234. The molecule has 2 saturated heterocycles. The first-order valence-corrected chi connectivity index (χ1v) is 7.12. The van der Waals surface area contributed by atoms with Gasteiger partial charge in [-0.25, -0.2) is 0 Å². The van der Waals surface area contributed by atoms with Gasteiger partial charge >= 0.3 is 0 Å². The van der Waals surface area contributed by atoms with E-state index in [4.69, 9.17) is 10.5 Å². The van der Waals surface area contributed by atoms with E-state index >= 15 is 0 Å². The normalized spacial score (nSPS) is 30.6. The van der Waals surface area contributed by atoms with Crippen molar-refractivity contribution in [3.8, 4) is 0 Å². The van der Waals surface area contributed by atoms with E-state index < -0.39 is 0 Å². The zero-order valence-electron chi connectivity index (χ0n) is 12.0. The van der Waals surface area contributed by atoms with Gasteiger partial charge in [-0.05, 0) is 14.0 Å². The molecule has 2 rings (SSSR count). The summed E-state index contributed by atoms with van der Waals surface area (Å²) >= 11 is 0. The monoisotopic (exact) mass is 270 g/mol. The van der Waals surface area contributed by atoms with Crippen molar-refractivity contribution in [1.29, 1.82) is 0 Å². The fourth-order valence-corrected chi connectivity index (χ4v) is 2.75. The molecule has 2 atom stereocenters. The highest BCUT2D eigenvalue weighted by Gasteiger charge is 2.27. The summed E-state index contributed by atoms with van der Waals surface area (Å²) in [4.78, 5) is 18.7. The molecule has 1 amide bonds. The van der Waals surface area contributed by atoms with Gasteiger partial charge in [0, 0.05) is 45.8 Å². The number of hydrogen-bond donors (Lipinski definition) is 1. The number of amides is 1. The maximum Gasteiger partial charge on any atom is 0.236 e. The average molecular weight is 270 g/mol. The second-order valence-electron chi connectivity index (χ2n) is 5.68. The molecule has 0 aromatic rings. The van der Waals surface area contributed by atoms with E-state index in [9.17, 15) is 4.79 Å². The zero-order chi connectivity index (χ0) is 13.8. The van der Waals surface area contributed by atoms with Crippen molar-refractivity contribution in [3.05, 3.63) is 0 Å². The van der Waals surface area contributed by atoms with Crippen LogP contribution in [0.15, 0.2) is 0 Å². The Kier molecular flexibility index (Phi) is 5.15. The standard InChI is InChI=1S/C13H26N4O2/c1-11-8-16(9-12(7-14)19-11)10-13(18)17-5-3-15(2)4-6-17/h11-12H,3-10,14H2,1-2H3. The number of piperazine rings is 1. The molecular formula is C13H26N4O2. The first-order valence-electron chi connectivity index (χ1n) is 7.12. The number of morpholine rings is 1.